The molecule has 3 aliphatic rings. The number of quaternary nitrogens is 1. The molecular weight excluding hydrogens is 468 g/mol. The standard InChI is InChI=1S/C29H34N2.CH3Br/c1-2-3-4-11-18-31-27-20-23(19-26-16-17-29(26,27)31)21-28(22-30,24-12-7-5-8-13-24)25-14-9-6-10-15-25;1-2/h2,5-10,12-15,23,26-27H,1,3-4,11,16-21H2;1H3/p+1/t23-,26?,27?,29?,31?;/m1./s1. The van der Waals surface area contributed by atoms with Gasteiger partial charge in [-0.25, -0.2) is 0 Å². The molecule has 0 aromatic heterocycles. The number of nitrogens with one attached hydrogen (secondary N) is 1. The van der Waals surface area contributed by atoms with E-state index in [0.717, 1.165) is 35.9 Å². The Morgan fingerprint density at radius 2 is 1.70 bits per heavy atom. The third-order valence-electron chi connectivity index (χ3n) is 8.80. The number of allylic oxidation sites excluding steroid dienone is 1. The van der Waals surface area contributed by atoms with Crippen molar-refractivity contribution >= 4 is 15.9 Å². The smallest absolute Gasteiger partial charge is 0.153 e. The monoisotopic (exact) mass is 505 g/mol. The largest absolute Gasteiger partial charge is 0.317 e. The van der Waals surface area contributed by atoms with Gasteiger partial charge in [-0.1, -0.05) is 82.7 Å². The fourth-order valence-electron chi connectivity index (χ4n) is 7.22. The van der Waals surface area contributed by atoms with E-state index in [1.54, 1.807) is 0 Å². The maximum Gasteiger partial charge on any atom is 0.153 e. The molecule has 1 spiro atoms. The molecule has 0 amide bonds. The van der Waals surface area contributed by atoms with Gasteiger partial charge in [0.2, 0.25) is 0 Å². The fraction of sp³-hybridized carbons (Fsp3) is 0.500. The summed E-state index contributed by atoms with van der Waals surface area (Å²) >= 11 is 2.94. The first kappa shape index (κ1) is 24.2. The van der Waals surface area contributed by atoms with Crippen LogP contribution in [0.5, 0.6) is 0 Å². The highest BCUT2D eigenvalue weighted by Crippen LogP contribution is 2.56. The van der Waals surface area contributed by atoms with E-state index in [-0.39, 0.29) is 0 Å². The fourth-order valence-corrected chi connectivity index (χ4v) is 7.22. The van der Waals surface area contributed by atoms with Crippen molar-refractivity contribution in [3.63, 3.8) is 0 Å². The predicted molar refractivity (Wildman–Crippen MR) is 141 cm³/mol. The molecule has 1 heterocycles. The third-order valence-corrected chi connectivity index (χ3v) is 8.80. The Bertz CT molecular complexity index is 911. The van der Waals surface area contributed by atoms with Crippen LogP contribution >= 0.6 is 15.9 Å². The van der Waals surface area contributed by atoms with Gasteiger partial charge < -0.3 is 4.90 Å². The van der Waals surface area contributed by atoms with E-state index in [1.165, 1.54) is 45.1 Å². The highest BCUT2D eigenvalue weighted by atomic mass is 79.9. The summed E-state index contributed by atoms with van der Waals surface area (Å²) in [6.45, 7) is 5.21. The Labute approximate surface area is 208 Å². The summed E-state index contributed by atoms with van der Waals surface area (Å²) in [6, 6.07) is 24.7. The van der Waals surface area contributed by atoms with E-state index < -0.39 is 5.41 Å². The lowest BCUT2D eigenvalue weighted by Crippen LogP contribution is -3.00. The summed E-state index contributed by atoms with van der Waals surface area (Å²) in [6.07, 6.45) is 12.2. The second-order valence-electron chi connectivity index (χ2n) is 10.2. The van der Waals surface area contributed by atoms with Crippen LogP contribution in [-0.2, 0) is 5.41 Å². The van der Waals surface area contributed by atoms with Gasteiger partial charge in [-0.15, -0.1) is 6.58 Å². The van der Waals surface area contributed by atoms with Crippen LogP contribution in [0.2, 0.25) is 0 Å². The Kier molecular flexibility index (Phi) is 7.77. The number of rotatable bonds is 9. The number of nitrogens with zero attached hydrogens (tertiary/aromatic N) is 1. The number of hydrogen-bond acceptors (Lipinski definition) is 1. The first-order chi connectivity index (χ1) is 16.2. The van der Waals surface area contributed by atoms with Crippen LogP contribution in [0.4, 0.5) is 0 Å². The van der Waals surface area contributed by atoms with E-state index in [1.807, 2.05) is 10.7 Å². The van der Waals surface area contributed by atoms with Gasteiger partial charge in [-0.2, -0.15) is 5.26 Å². The lowest BCUT2D eigenvalue weighted by molar-refractivity contribution is -0.814. The molecule has 2 aromatic carbocycles. The quantitative estimate of drug-likeness (QED) is 0.190. The van der Waals surface area contributed by atoms with E-state index in [9.17, 15) is 5.26 Å². The van der Waals surface area contributed by atoms with Crippen molar-refractivity contribution in [2.45, 2.75) is 68.4 Å². The summed E-state index contributed by atoms with van der Waals surface area (Å²) in [5.74, 6) is 3.33. The van der Waals surface area contributed by atoms with Crippen LogP contribution < -0.4 is 4.90 Å². The van der Waals surface area contributed by atoms with Crippen molar-refractivity contribution in [1.29, 1.82) is 5.26 Å². The molecule has 2 aromatic rings. The second kappa shape index (κ2) is 10.6. The van der Waals surface area contributed by atoms with Crippen molar-refractivity contribution in [1.82, 2.24) is 0 Å². The Hall–Kier alpha value is -1.89. The molecule has 3 heteroatoms. The number of benzene rings is 2. The molecule has 2 saturated carbocycles. The molecule has 1 N–H and O–H groups in total. The predicted octanol–water partition coefficient (Wildman–Crippen LogP) is 6.08. The molecule has 0 bridgehead atoms. The molecule has 1 saturated heterocycles. The minimum absolute atomic E-state index is 0.546. The normalized spacial score (nSPS) is 29.2. The average molecular weight is 507 g/mol. The van der Waals surface area contributed by atoms with Gasteiger partial charge in [0.1, 0.15) is 11.5 Å². The highest BCUT2D eigenvalue weighted by Gasteiger charge is 2.78. The summed E-state index contributed by atoms with van der Waals surface area (Å²) in [5.41, 5.74) is 2.38. The van der Waals surface area contributed by atoms with Crippen molar-refractivity contribution < 1.29 is 4.90 Å². The van der Waals surface area contributed by atoms with E-state index in [0.29, 0.717) is 11.5 Å². The summed E-state index contributed by atoms with van der Waals surface area (Å²) in [5, 5.41) is 10.6. The van der Waals surface area contributed by atoms with Crippen molar-refractivity contribution in [3.8, 4) is 6.07 Å². The van der Waals surface area contributed by atoms with Crippen LogP contribution in [0.3, 0.4) is 0 Å². The van der Waals surface area contributed by atoms with Crippen LogP contribution in [-0.4, -0.2) is 24.0 Å². The highest BCUT2D eigenvalue weighted by molar-refractivity contribution is 9.08. The molecule has 5 rings (SSSR count). The first-order valence-electron chi connectivity index (χ1n) is 12.6. The molecule has 2 aliphatic carbocycles. The molecule has 5 atom stereocenters. The maximum atomic E-state index is 10.6. The molecule has 2 nitrogen and oxygen atoms in total. The van der Waals surface area contributed by atoms with Crippen LogP contribution in [0, 0.1) is 23.2 Å². The zero-order chi connectivity index (χ0) is 23.3. The van der Waals surface area contributed by atoms with Gasteiger partial charge in [-0.05, 0) is 61.4 Å². The molecule has 4 unspecified atom stereocenters. The summed E-state index contributed by atoms with van der Waals surface area (Å²) in [4.78, 5) is 1.90. The Balaban J connectivity index is 0.00000126. The molecule has 174 valence electrons. The number of halogens is 1. The van der Waals surface area contributed by atoms with Crippen LogP contribution in [0.15, 0.2) is 73.3 Å². The number of nitriles is 1. The van der Waals surface area contributed by atoms with E-state index in [2.05, 4.69) is 95.3 Å². The minimum Gasteiger partial charge on any atom is -0.317 e. The van der Waals surface area contributed by atoms with Gasteiger partial charge in [0.15, 0.2) is 5.54 Å². The number of hydrogen-bond donors (Lipinski definition) is 1. The van der Waals surface area contributed by atoms with Gasteiger partial charge >= 0.3 is 0 Å². The lowest BCUT2D eigenvalue weighted by atomic mass is 9.59. The van der Waals surface area contributed by atoms with E-state index >= 15 is 0 Å². The topological polar surface area (TPSA) is 28.2 Å². The number of likely N-dealkylation sites (tertiary alicyclic amines) is 1. The van der Waals surface area contributed by atoms with Gasteiger partial charge in [0.05, 0.1) is 12.6 Å². The van der Waals surface area contributed by atoms with Gasteiger partial charge in [0, 0.05) is 18.8 Å². The zero-order valence-corrected chi connectivity index (χ0v) is 21.6. The third kappa shape index (κ3) is 4.33. The summed E-state index contributed by atoms with van der Waals surface area (Å²) < 4.78 is 0. The second-order valence-corrected chi connectivity index (χ2v) is 10.2. The molecule has 1 aliphatic heterocycles. The first-order valence-corrected chi connectivity index (χ1v) is 14.2. The van der Waals surface area contributed by atoms with Gasteiger partial charge in [-0.3, -0.25) is 0 Å². The van der Waals surface area contributed by atoms with Crippen molar-refractivity contribution in [2.24, 2.45) is 11.8 Å². The molecular formula is C30H38BrN2+. The van der Waals surface area contributed by atoms with E-state index in [4.69, 9.17) is 0 Å². The minimum atomic E-state index is -0.546. The van der Waals surface area contributed by atoms with Crippen LogP contribution in [0.1, 0.15) is 62.5 Å². The number of alkyl halides is 1. The Morgan fingerprint density at radius 1 is 1.06 bits per heavy atom. The molecule has 3 fully saturated rings. The SMILES string of the molecule is C=CCCCC[NH+]1C2C[C@H](CC(C#N)(c3ccccc3)c3ccccc3)CC3CCC321.CBr. The van der Waals surface area contributed by atoms with Gasteiger partial charge in [0.25, 0.3) is 0 Å². The average Bonchev–Trinajstić information content (AvgIpc) is 3.54. The number of unbranched alkanes of at least 4 members (excludes halogenated alkanes) is 2. The maximum absolute atomic E-state index is 10.6. The van der Waals surface area contributed by atoms with Crippen molar-refractivity contribution in [2.75, 3.05) is 12.4 Å². The summed E-state index contributed by atoms with van der Waals surface area (Å²) in [7, 11) is 0. The van der Waals surface area contributed by atoms with Crippen molar-refractivity contribution in [3.05, 3.63) is 84.4 Å². The lowest BCUT2D eigenvalue weighted by Gasteiger charge is -2.41. The Morgan fingerprint density at radius 3 is 2.21 bits per heavy atom. The molecule has 33 heavy (non-hydrogen) atoms. The molecule has 0 radical (unpaired) electrons. The zero-order valence-electron chi connectivity index (χ0n) is 20.0. The van der Waals surface area contributed by atoms with Crippen LogP contribution in [0.25, 0.3) is 0 Å².